The molecule has 1 N–H and O–H groups in total. The van der Waals surface area contributed by atoms with Crippen LogP contribution < -0.4 is 10.4 Å². The molecule has 1 fully saturated rings. The molecule has 0 aromatic heterocycles. The van der Waals surface area contributed by atoms with Crippen molar-refractivity contribution in [3.8, 4) is 0 Å². The summed E-state index contributed by atoms with van der Waals surface area (Å²) >= 11 is 0. The lowest BCUT2D eigenvalue weighted by Crippen LogP contribution is -2.67. The lowest BCUT2D eigenvalue weighted by molar-refractivity contribution is -0.268. The Morgan fingerprint density at radius 1 is 0.846 bits per heavy atom. The SMILES string of the molecule is C/C1=C/[C@@H]2O[C@H](c3ccccc3)OC[C@H]2O[C@@H](CO[Si](c2ccccc2)(c2ccccc2)C(C)(C)C)[C@H](O)C1. The van der Waals surface area contributed by atoms with Crippen LogP contribution in [0, 0.1) is 0 Å². The van der Waals surface area contributed by atoms with E-state index in [0.29, 0.717) is 13.0 Å². The zero-order valence-corrected chi connectivity index (χ0v) is 24.3. The average molecular weight is 545 g/mol. The Kier molecular flexibility index (Phi) is 8.52. The van der Waals surface area contributed by atoms with E-state index in [1.54, 1.807) is 0 Å². The van der Waals surface area contributed by atoms with Gasteiger partial charge in [-0.15, -0.1) is 0 Å². The van der Waals surface area contributed by atoms with E-state index in [9.17, 15) is 5.11 Å². The maximum atomic E-state index is 11.3. The molecule has 0 unspecified atom stereocenters. The van der Waals surface area contributed by atoms with Gasteiger partial charge in [0.2, 0.25) is 0 Å². The highest BCUT2D eigenvalue weighted by Gasteiger charge is 2.51. The van der Waals surface area contributed by atoms with Crippen molar-refractivity contribution in [2.24, 2.45) is 0 Å². The van der Waals surface area contributed by atoms with Crippen LogP contribution in [0.3, 0.4) is 0 Å². The fourth-order valence-corrected chi connectivity index (χ4v) is 10.4. The first kappa shape index (κ1) is 28.0. The first-order valence-corrected chi connectivity index (χ1v) is 15.8. The number of benzene rings is 3. The van der Waals surface area contributed by atoms with E-state index < -0.39 is 26.8 Å². The van der Waals surface area contributed by atoms with E-state index in [2.05, 4.69) is 75.4 Å². The second-order valence-corrected chi connectivity index (χ2v) is 16.0. The molecule has 206 valence electrons. The predicted molar refractivity (Wildman–Crippen MR) is 157 cm³/mol. The molecule has 5 rings (SSSR count). The molecule has 5 atom stereocenters. The van der Waals surface area contributed by atoms with E-state index in [-0.39, 0.29) is 23.9 Å². The Balaban J connectivity index is 1.42. The first-order valence-electron chi connectivity index (χ1n) is 13.9. The Hall–Kier alpha value is -2.58. The highest BCUT2D eigenvalue weighted by molar-refractivity contribution is 6.99. The number of hydrogen-bond donors (Lipinski definition) is 1. The van der Waals surface area contributed by atoms with Gasteiger partial charge in [0.05, 0.1) is 19.3 Å². The smallest absolute Gasteiger partial charge is 0.261 e. The number of aliphatic hydroxyl groups is 1. The molecule has 39 heavy (non-hydrogen) atoms. The first-order chi connectivity index (χ1) is 18.8. The molecule has 2 aliphatic heterocycles. The van der Waals surface area contributed by atoms with Gasteiger partial charge >= 0.3 is 0 Å². The van der Waals surface area contributed by atoms with Crippen molar-refractivity contribution in [3.63, 3.8) is 0 Å². The number of hydrogen-bond acceptors (Lipinski definition) is 5. The Morgan fingerprint density at radius 3 is 1.97 bits per heavy atom. The Labute approximate surface area is 233 Å². The summed E-state index contributed by atoms with van der Waals surface area (Å²) in [5.41, 5.74) is 2.06. The molecule has 0 amide bonds. The molecule has 1 saturated heterocycles. The molecule has 0 radical (unpaired) electrons. The summed E-state index contributed by atoms with van der Waals surface area (Å²) < 4.78 is 26.2. The fourth-order valence-electron chi connectivity index (χ4n) is 5.84. The van der Waals surface area contributed by atoms with Gasteiger partial charge in [-0.05, 0) is 28.8 Å². The molecule has 0 saturated carbocycles. The average Bonchev–Trinajstić information content (AvgIpc) is 2.93. The molecule has 6 heteroatoms. The van der Waals surface area contributed by atoms with Gasteiger partial charge in [-0.25, -0.2) is 0 Å². The Bertz CT molecular complexity index is 1190. The van der Waals surface area contributed by atoms with Gasteiger partial charge in [0.1, 0.15) is 18.3 Å². The van der Waals surface area contributed by atoms with Crippen LogP contribution in [0.15, 0.2) is 103 Å². The molecular formula is C33H40O5Si. The highest BCUT2D eigenvalue weighted by atomic mass is 28.4. The minimum atomic E-state index is -2.78. The van der Waals surface area contributed by atoms with Gasteiger partial charge in [0, 0.05) is 5.56 Å². The molecule has 3 aromatic carbocycles. The normalized spacial score (nSPS) is 27.5. The van der Waals surface area contributed by atoms with Crippen LogP contribution in [0.5, 0.6) is 0 Å². The van der Waals surface area contributed by atoms with Crippen LogP contribution in [-0.2, 0) is 18.6 Å². The standard InChI is InChI=1S/C33H40O5Si/c1-24-20-28(34)30(37-31-22-35-32(38-29(31)21-24)25-14-8-5-9-15-25)23-36-39(33(2,3)4,26-16-10-6-11-17-26)27-18-12-7-13-19-27/h5-19,21,28-32,34H,20,22-23H2,1-4H3/b24-21-/t28-,29+,30+,31-,32-/m1/s1. The maximum Gasteiger partial charge on any atom is 0.261 e. The maximum absolute atomic E-state index is 11.3. The summed E-state index contributed by atoms with van der Waals surface area (Å²) in [6.45, 7) is 9.45. The summed E-state index contributed by atoms with van der Waals surface area (Å²) in [4.78, 5) is 0. The second kappa shape index (κ2) is 11.9. The van der Waals surface area contributed by atoms with Gasteiger partial charge in [0.15, 0.2) is 6.29 Å². The van der Waals surface area contributed by atoms with Crippen LogP contribution in [0.1, 0.15) is 46.0 Å². The molecule has 2 heterocycles. The van der Waals surface area contributed by atoms with Crippen LogP contribution >= 0.6 is 0 Å². The summed E-state index contributed by atoms with van der Waals surface area (Å²) in [7, 11) is -2.78. The number of ether oxygens (including phenoxy) is 3. The molecule has 0 aliphatic carbocycles. The third-order valence-corrected chi connectivity index (χ3v) is 12.8. The molecule has 5 nitrogen and oxygen atoms in total. The summed E-state index contributed by atoms with van der Waals surface area (Å²) in [6.07, 6.45) is 0.283. The van der Waals surface area contributed by atoms with Crippen molar-refractivity contribution in [2.75, 3.05) is 13.2 Å². The van der Waals surface area contributed by atoms with Crippen molar-refractivity contribution in [3.05, 3.63) is 108 Å². The van der Waals surface area contributed by atoms with Crippen molar-refractivity contribution >= 4 is 18.7 Å². The van der Waals surface area contributed by atoms with Gasteiger partial charge < -0.3 is 23.7 Å². The van der Waals surface area contributed by atoms with Crippen LogP contribution in [-0.4, -0.2) is 51.1 Å². The van der Waals surface area contributed by atoms with Crippen LogP contribution in [0.2, 0.25) is 5.04 Å². The zero-order chi connectivity index (χ0) is 27.5. The molecule has 3 aromatic rings. The summed E-state index contributed by atoms with van der Waals surface area (Å²) in [5, 5.41) is 13.5. The van der Waals surface area contributed by atoms with Crippen LogP contribution in [0.4, 0.5) is 0 Å². The van der Waals surface area contributed by atoms with Crippen molar-refractivity contribution in [2.45, 2.75) is 69.9 Å². The minimum Gasteiger partial charge on any atom is -0.405 e. The van der Waals surface area contributed by atoms with Gasteiger partial charge in [-0.2, -0.15) is 0 Å². The zero-order valence-electron chi connectivity index (χ0n) is 23.3. The van der Waals surface area contributed by atoms with Crippen LogP contribution in [0.25, 0.3) is 0 Å². The predicted octanol–water partition coefficient (Wildman–Crippen LogP) is 5.14. The fraction of sp³-hybridized carbons (Fsp3) is 0.394. The lowest BCUT2D eigenvalue weighted by atomic mass is 9.99. The van der Waals surface area contributed by atoms with Crippen molar-refractivity contribution in [1.82, 2.24) is 0 Å². The monoisotopic (exact) mass is 544 g/mol. The quantitative estimate of drug-likeness (QED) is 0.344. The second-order valence-electron chi connectivity index (χ2n) is 11.6. The number of fused-ring (bicyclic) bond motifs is 1. The van der Waals surface area contributed by atoms with Crippen molar-refractivity contribution < 1.29 is 23.7 Å². The van der Waals surface area contributed by atoms with Gasteiger partial charge in [-0.1, -0.05) is 123 Å². The van der Waals surface area contributed by atoms with Gasteiger partial charge in [-0.3, -0.25) is 0 Å². The lowest BCUT2D eigenvalue weighted by Gasteiger charge is -2.45. The molecular weight excluding hydrogens is 504 g/mol. The van der Waals surface area contributed by atoms with E-state index in [1.807, 2.05) is 49.4 Å². The largest absolute Gasteiger partial charge is 0.405 e. The number of aliphatic hydroxyl groups excluding tert-OH is 1. The summed E-state index contributed by atoms with van der Waals surface area (Å²) in [6, 6.07) is 31.1. The van der Waals surface area contributed by atoms with E-state index in [1.165, 1.54) is 10.4 Å². The Morgan fingerprint density at radius 2 is 1.41 bits per heavy atom. The topological polar surface area (TPSA) is 57.2 Å². The van der Waals surface area contributed by atoms with E-state index in [0.717, 1.165) is 11.1 Å². The summed E-state index contributed by atoms with van der Waals surface area (Å²) in [5.74, 6) is 0. The molecule has 0 bridgehead atoms. The molecule has 2 aliphatic rings. The highest BCUT2D eigenvalue weighted by Crippen LogP contribution is 2.38. The van der Waals surface area contributed by atoms with E-state index in [4.69, 9.17) is 18.6 Å². The third kappa shape index (κ3) is 5.97. The molecule has 0 spiro atoms. The number of rotatable bonds is 6. The van der Waals surface area contributed by atoms with Gasteiger partial charge in [0.25, 0.3) is 8.32 Å². The van der Waals surface area contributed by atoms with E-state index >= 15 is 0 Å². The minimum absolute atomic E-state index is 0.166. The third-order valence-electron chi connectivity index (χ3n) is 7.77. The van der Waals surface area contributed by atoms with Crippen molar-refractivity contribution in [1.29, 1.82) is 0 Å².